The third-order valence-corrected chi connectivity index (χ3v) is 8.83. The number of hydrazone groups is 1. The van der Waals surface area contributed by atoms with Gasteiger partial charge >= 0.3 is 0 Å². The maximum atomic E-state index is 13.6. The van der Waals surface area contributed by atoms with E-state index in [2.05, 4.69) is 9.82 Å². The molecule has 34 heavy (non-hydrogen) atoms. The Morgan fingerprint density at radius 3 is 2.44 bits per heavy atom. The van der Waals surface area contributed by atoms with Crippen LogP contribution in [0, 0.1) is 6.92 Å². The first-order valence-corrected chi connectivity index (χ1v) is 14.1. The molecule has 4 rings (SSSR count). The molecule has 0 radical (unpaired) electrons. The molecule has 1 aliphatic rings. The highest BCUT2D eigenvalue weighted by molar-refractivity contribution is 7.92. The van der Waals surface area contributed by atoms with E-state index in [1.54, 1.807) is 43.3 Å². The summed E-state index contributed by atoms with van der Waals surface area (Å²) in [6.07, 6.45) is 0.328. The molecular weight excluding hydrogens is 494 g/mol. The van der Waals surface area contributed by atoms with Gasteiger partial charge in [-0.25, -0.2) is 8.42 Å². The number of aryl methyl sites for hydroxylation is 1. The van der Waals surface area contributed by atoms with E-state index in [0.717, 1.165) is 15.5 Å². The van der Waals surface area contributed by atoms with Gasteiger partial charge in [0, 0.05) is 17.1 Å². The Labute approximate surface area is 205 Å². The predicted molar refractivity (Wildman–Crippen MR) is 135 cm³/mol. The quantitative estimate of drug-likeness (QED) is 0.479. The molecule has 1 N–H and O–H groups in total. The van der Waals surface area contributed by atoms with Crippen molar-refractivity contribution < 1.29 is 16.8 Å². The zero-order chi connectivity index (χ0) is 24.5. The molecule has 7 nitrogen and oxygen atoms in total. The molecule has 1 aliphatic heterocycles. The lowest BCUT2D eigenvalue weighted by atomic mass is 9.96. The average molecular weight is 518 g/mol. The highest BCUT2D eigenvalue weighted by Crippen LogP contribution is 2.38. The Morgan fingerprint density at radius 1 is 1.00 bits per heavy atom. The molecule has 3 aromatic rings. The average Bonchev–Trinajstić information content (AvgIpc) is 3.25. The van der Waals surface area contributed by atoms with E-state index in [1.807, 2.05) is 31.2 Å². The lowest BCUT2D eigenvalue weighted by Gasteiger charge is -2.24. The van der Waals surface area contributed by atoms with Crippen LogP contribution in [0.1, 0.15) is 36.1 Å². The van der Waals surface area contributed by atoms with Crippen molar-refractivity contribution in [3.05, 3.63) is 94.5 Å². The van der Waals surface area contributed by atoms with Gasteiger partial charge in [-0.2, -0.15) is 17.9 Å². The normalized spacial score (nSPS) is 16.4. The molecule has 178 valence electrons. The van der Waals surface area contributed by atoms with Crippen molar-refractivity contribution in [3.63, 3.8) is 0 Å². The summed E-state index contributed by atoms with van der Waals surface area (Å²) in [6, 6.07) is 19.9. The molecule has 3 aromatic carbocycles. The number of nitrogens with one attached hydrogen (secondary N) is 1. The molecule has 0 aromatic heterocycles. The van der Waals surface area contributed by atoms with Crippen molar-refractivity contribution >= 4 is 43.0 Å². The molecular formula is C24H24ClN3O4S2. The molecule has 1 heterocycles. The van der Waals surface area contributed by atoms with E-state index in [9.17, 15) is 16.8 Å². The van der Waals surface area contributed by atoms with Crippen molar-refractivity contribution in [2.45, 2.75) is 31.2 Å². The number of benzene rings is 3. The number of sulfonamides is 2. The van der Waals surface area contributed by atoms with Crippen LogP contribution in [-0.4, -0.2) is 32.7 Å². The standard InChI is InChI=1S/C24H24ClN3O4S2/c1-3-33(29,30)27-20-11-6-9-18(14-20)23-16-24(22-13-5-4-8-17(22)2)28(26-23)34(31,32)21-12-7-10-19(25)15-21/h4-15,24,27H,3,16H2,1-2H3/t24-/m1/s1. The van der Waals surface area contributed by atoms with Crippen LogP contribution in [0.4, 0.5) is 5.69 Å². The van der Waals surface area contributed by atoms with Crippen molar-refractivity contribution in [3.8, 4) is 0 Å². The second kappa shape index (κ2) is 9.40. The minimum atomic E-state index is -4.01. The van der Waals surface area contributed by atoms with Crippen LogP contribution in [0.3, 0.4) is 0 Å². The number of anilines is 1. The van der Waals surface area contributed by atoms with E-state index in [0.29, 0.717) is 28.4 Å². The molecule has 0 fully saturated rings. The molecule has 0 aliphatic carbocycles. The van der Waals surface area contributed by atoms with Gasteiger partial charge in [0.05, 0.1) is 22.4 Å². The van der Waals surface area contributed by atoms with Gasteiger partial charge < -0.3 is 0 Å². The molecule has 0 saturated heterocycles. The summed E-state index contributed by atoms with van der Waals surface area (Å²) in [5, 5.41) is 4.85. The zero-order valence-electron chi connectivity index (χ0n) is 18.6. The molecule has 0 bridgehead atoms. The van der Waals surface area contributed by atoms with Crippen molar-refractivity contribution in [2.24, 2.45) is 5.10 Å². The smallest absolute Gasteiger partial charge is 0.279 e. The summed E-state index contributed by atoms with van der Waals surface area (Å²) in [5.74, 6) is -0.0564. The van der Waals surface area contributed by atoms with E-state index in [-0.39, 0.29) is 10.6 Å². The van der Waals surface area contributed by atoms with Crippen molar-refractivity contribution in [1.82, 2.24) is 4.41 Å². The van der Waals surface area contributed by atoms with Gasteiger partial charge in [0.25, 0.3) is 10.0 Å². The number of hydrogen-bond acceptors (Lipinski definition) is 5. The minimum absolute atomic E-state index is 0.0491. The van der Waals surface area contributed by atoms with Gasteiger partial charge in [-0.15, -0.1) is 0 Å². The first kappa shape index (κ1) is 24.3. The maximum absolute atomic E-state index is 13.6. The molecule has 0 amide bonds. The van der Waals surface area contributed by atoms with E-state index >= 15 is 0 Å². The lowest BCUT2D eigenvalue weighted by molar-refractivity contribution is 0.370. The summed E-state index contributed by atoms with van der Waals surface area (Å²) >= 11 is 6.07. The fourth-order valence-corrected chi connectivity index (χ4v) is 6.18. The molecule has 0 saturated carbocycles. The van der Waals surface area contributed by atoms with Crippen molar-refractivity contribution in [1.29, 1.82) is 0 Å². The van der Waals surface area contributed by atoms with Crippen LogP contribution in [0.5, 0.6) is 0 Å². The molecule has 10 heteroatoms. The Morgan fingerprint density at radius 2 is 1.74 bits per heavy atom. The number of halogens is 1. The fourth-order valence-electron chi connectivity index (χ4n) is 3.83. The highest BCUT2D eigenvalue weighted by Gasteiger charge is 2.38. The molecule has 0 unspecified atom stereocenters. The van der Waals surface area contributed by atoms with Crippen LogP contribution < -0.4 is 4.72 Å². The van der Waals surface area contributed by atoms with Gasteiger partial charge in [0.2, 0.25) is 10.0 Å². The fraction of sp³-hybridized carbons (Fsp3) is 0.208. The largest absolute Gasteiger partial charge is 0.284 e. The Kier molecular flexibility index (Phi) is 6.71. The summed E-state index contributed by atoms with van der Waals surface area (Å²) in [5.41, 5.74) is 3.36. The van der Waals surface area contributed by atoms with Gasteiger partial charge in [-0.05, 0) is 60.9 Å². The van der Waals surface area contributed by atoms with Crippen LogP contribution in [-0.2, 0) is 20.0 Å². The highest BCUT2D eigenvalue weighted by atomic mass is 35.5. The Bertz CT molecular complexity index is 1470. The molecule has 0 spiro atoms. The first-order valence-electron chi connectivity index (χ1n) is 10.6. The topological polar surface area (TPSA) is 95.9 Å². The first-order chi connectivity index (χ1) is 16.1. The third kappa shape index (κ3) is 4.96. The van der Waals surface area contributed by atoms with Gasteiger partial charge in [-0.3, -0.25) is 4.72 Å². The minimum Gasteiger partial charge on any atom is -0.284 e. The Hall–Kier alpha value is -2.88. The van der Waals surface area contributed by atoms with E-state index in [1.165, 1.54) is 12.1 Å². The van der Waals surface area contributed by atoms with Gasteiger partial charge in [-0.1, -0.05) is 54.1 Å². The van der Waals surface area contributed by atoms with Gasteiger partial charge in [0.15, 0.2) is 0 Å². The summed E-state index contributed by atoms with van der Waals surface area (Å²) in [7, 11) is -7.46. The number of nitrogens with zero attached hydrogens (tertiary/aromatic N) is 2. The van der Waals surface area contributed by atoms with Crippen LogP contribution in [0.25, 0.3) is 0 Å². The summed E-state index contributed by atoms with van der Waals surface area (Å²) in [4.78, 5) is 0.0491. The second-order valence-corrected chi connectivity index (χ2v) is 12.2. The Balaban J connectivity index is 1.79. The van der Waals surface area contributed by atoms with Crippen LogP contribution >= 0.6 is 11.6 Å². The molecule has 1 atom stereocenters. The summed E-state index contributed by atoms with van der Waals surface area (Å²) < 4.78 is 54.9. The lowest BCUT2D eigenvalue weighted by Crippen LogP contribution is -2.27. The zero-order valence-corrected chi connectivity index (χ0v) is 21.0. The van der Waals surface area contributed by atoms with Crippen molar-refractivity contribution in [2.75, 3.05) is 10.5 Å². The monoisotopic (exact) mass is 517 g/mol. The predicted octanol–water partition coefficient (Wildman–Crippen LogP) is 4.95. The SMILES string of the molecule is CCS(=O)(=O)Nc1cccc(C2=NN(S(=O)(=O)c3cccc(Cl)c3)[C@@H](c3ccccc3C)C2)c1. The summed E-state index contributed by atoms with van der Waals surface area (Å²) in [6.45, 7) is 3.48. The van der Waals surface area contributed by atoms with E-state index < -0.39 is 26.1 Å². The third-order valence-electron chi connectivity index (χ3n) is 5.61. The van der Waals surface area contributed by atoms with Crippen LogP contribution in [0.2, 0.25) is 5.02 Å². The van der Waals surface area contributed by atoms with Gasteiger partial charge in [0.1, 0.15) is 0 Å². The van der Waals surface area contributed by atoms with E-state index in [4.69, 9.17) is 11.6 Å². The van der Waals surface area contributed by atoms with Crippen LogP contribution in [0.15, 0.2) is 82.8 Å². The number of rotatable bonds is 7. The number of hydrogen-bond donors (Lipinski definition) is 1. The maximum Gasteiger partial charge on any atom is 0.279 e. The second-order valence-electron chi connectivity index (χ2n) is 7.94.